The lowest BCUT2D eigenvalue weighted by Gasteiger charge is -2.43. The molecule has 0 heterocycles. The Labute approximate surface area is 155 Å². The Morgan fingerprint density at radius 3 is 2.58 bits per heavy atom. The van der Waals surface area contributed by atoms with Crippen molar-refractivity contribution in [1.82, 2.24) is 0 Å². The van der Waals surface area contributed by atoms with Crippen LogP contribution in [0.3, 0.4) is 0 Å². The highest BCUT2D eigenvalue weighted by Crippen LogP contribution is 2.55. The summed E-state index contributed by atoms with van der Waals surface area (Å²) in [5.41, 5.74) is 6.99. The molecule has 118 valence electrons. The number of allylic oxidation sites excluding steroid dienone is 4. The van der Waals surface area contributed by atoms with E-state index in [4.69, 9.17) is 5.73 Å². The molecule has 1 aromatic carbocycles. The molecule has 0 saturated heterocycles. The van der Waals surface area contributed by atoms with Crippen molar-refractivity contribution in [2.24, 2.45) is 17.1 Å². The summed E-state index contributed by atoms with van der Waals surface area (Å²) in [4.78, 5) is 0. The minimum Gasteiger partial charge on any atom is -0.399 e. The molecule has 0 spiro atoms. The summed E-state index contributed by atoms with van der Waals surface area (Å²) < 4.78 is 1.05. The zero-order valence-electron chi connectivity index (χ0n) is 13.0. The van der Waals surface area contributed by atoms with Gasteiger partial charge in [-0.15, -0.1) is 0 Å². The zero-order chi connectivity index (χ0) is 17.3. The SMILES string of the molecule is N#CC1=C(N)C(C#N)(C#N)C(c2cccc(I)c2)C2CCCC=C12. The van der Waals surface area contributed by atoms with Crippen molar-refractivity contribution < 1.29 is 0 Å². The molecule has 1 aromatic rings. The molecule has 0 aromatic heterocycles. The molecule has 0 radical (unpaired) electrons. The highest BCUT2D eigenvalue weighted by atomic mass is 127. The summed E-state index contributed by atoms with van der Waals surface area (Å²) in [6, 6.07) is 14.3. The van der Waals surface area contributed by atoms with E-state index in [1.54, 1.807) is 0 Å². The average molecular weight is 426 g/mol. The van der Waals surface area contributed by atoms with Crippen LogP contribution in [0.4, 0.5) is 0 Å². The van der Waals surface area contributed by atoms with Crippen LogP contribution >= 0.6 is 22.6 Å². The van der Waals surface area contributed by atoms with E-state index in [0.717, 1.165) is 34.0 Å². The zero-order valence-corrected chi connectivity index (χ0v) is 15.1. The first-order chi connectivity index (χ1) is 11.6. The number of benzene rings is 1. The summed E-state index contributed by atoms with van der Waals surface area (Å²) in [5, 5.41) is 29.4. The molecule has 0 fully saturated rings. The van der Waals surface area contributed by atoms with Gasteiger partial charge in [-0.05, 0) is 71.0 Å². The molecule has 0 bridgehead atoms. The van der Waals surface area contributed by atoms with Gasteiger partial charge in [0.15, 0.2) is 5.41 Å². The summed E-state index contributed by atoms with van der Waals surface area (Å²) >= 11 is 2.23. The average Bonchev–Trinajstić information content (AvgIpc) is 2.61. The highest BCUT2D eigenvalue weighted by molar-refractivity contribution is 14.1. The molecule has 2 atom stereocenters. The van der Waals surface area contributed by atoms with Gasteiger partial charge in [-0.1, -0.05) is 18.2 Å². The van der Waals surface area contributed by atoms with Crippen molar-refractivity contribution in [3.05, 3.63) is 56.3 Å². The van der Waals surface area contributed by atoms with Crippen molar-refractivity contribution in [1.29, 1.82) is 15.8 Å². The molecule has 2 N–H and O–H groups in total. The van der Waals surface area contributed by atoms with E-state index in [2.05, 4.69) is 46.9 Å². The fourth-order valence-corrected chi connectivity index (χ4v) is 4.52. The summed E-state index contributed by atoms with van der Waals surface area (Å²) in [6.07, 6.45) is 4.79. The van der Waals surface area contributed by atoms with E-state index >= 15 is 0 Å². The largest absolute Gasteiger partial charge is 0.399 e. The Morgan fingerprint density at radius 1 is 1.21 bits per heavy atom. The van der Waals surface area contributed by atoms with Gasteiger partial charge in [-0.3, -0.25) is 0 Å². The third-order valence-corrected chi connectivity index (χ3v) is 5.68. The number of hydrogen-bond donors (Lipinski definition) is 1. The maximum absolute atomic E-state index is 9.90. The van der Waals surface area contributed by atoms with Gasteiger partial charge in [-0.2, -0.15) is 15.8 Å². The number of halogens is 1. The maximum Gasteiger partial charge on any atom is 0.191 e. The van der Waals surface area contributed by atoms with Crippen molar-refractivity contribution >= 4 is 22.6 Å². The van der Waals surface area contributed by atoms with Crippen LogP contribution in [-0.2, 0) is 0 Å². The topological polar surface area (TPSA) is 97.4 Å². The Balaban J connectivity index is 2.34. The monoisotopic (exact) mass is 426 g/mol. The molecule has 3 rings (SSSR count). The fraction of sp³-hybridized carbons (Fsp3) is 0.316. The van der Waals surface area contributed by atoms with Gasteiger partial charge in [0.1, 0.15) is 6.07 Å². The third-order valence-electron chi connectivity index (χ3n) is 5.01. The van der Waals surface area contributed by atoms with Gasteiger partial charge in [0.25, 0.3) is 0 Å². The molecule has 0 saturated carbocycles. The number of nitrogens with two attached hydrogens (primary N) is 1. The lowest BCUT2D eigenvalue weighted by molar-refractivity contribution is 0.317. The first-order valence-electron chi connectivity index (χ1n) is 7.77. The first-order valence-corrected chi connectivity index (χ1v) is 8.85. The molecule has 2 aliphatic carbocycles. The number of rotatable bonds is 1. The quantitative estimate of drug-likeness (QED) is 0.689. The summed E-state index contributed by atoms with van der Waals surface area (Å²) in [5.74, 6) is -0.385. The van der Waals surface area contributed by atoms with Crippen molar-refractivity contribution in [3.8, 4) is 18.2 Å². The first kappa shape index (κ1) is 16.6. The maximum atomic E-state index is 9.90. The minimum absolute atomic E-state index is 0.0294. The van der Waals surface area contributed by atoms with Gasteiger partial charge in [0.2, 0.25) is 0 Å². The number of fused-ring (bicyclic) bond motifs is 1. The number of nitrogens with zero attached hydrogens (tertiary/aromatic N) is 3. The van der Waals surface area contributed by atoms with Gasteiger partial charge in [0.05, 0.1) is 23.4 Å². The Morgan fingerprint density at radius 2 is 1.96 bits per heavy atom. The smallest absolute Gasteiger partial charge is 0.191 e. The van der Waals surface area contributed by atoms with Crippen LogP contribution < -0.4 is 5.73 Å². The Bertz CT molecular complexity index is 862. The van der Waals surface area contributed by atoms with Gasteiger partial charge in [0, 0.05) is 9.49 Å². The van der Waals surface area contributed by atoms with Crippen LogP contribution in [0.2, 0.25) is 0 Å². The van der Waals surface area contributed by atoms with E-state index in [0.29, 0.717) is 5.57 Å². The predicted molar refractivity (Wildman–Crippen MR) is 97.8 cm³/mol. The van der Waals surface area contributed by atoms with Crippen LogP contribution in [0, 0.1) is 48.9 Å². The normalized spacial score (nSPS) is 24.8. The molecule has 2 aliphatic rings. The van der Waals surface area contributed by atoms with E-state index in [9.17, 15) is 15.8 Å². The van der Waals surface area contributed by atoms with Crippen molar-refractivity contribution in [2.75, 3.05) is 0 Å². The second-order valence-corrected chi connectivity index (χ2v) is 7.41. The van der Waals surface area contributed by atoms with Crippen LogP contribution in [0.25, 0.3) is 0 Å². The van der Waals surface area contributed by atoms with Crippen LogP contribution in [0.15, 0.2) is 47.2 Å². The molecule has 5 heteroatoms. The van der Waals surface area contributed by atoms with Crippen LogP contribution in [-0.4, -0.2) is 0 Å². The molecule has 24 heavy (non-hydrogen) atoms. The predicted octanol–water partition coefficient (Wildman–Crippen LogP) is 3.88. The summed E-state index contributed by atoms with van der Waals surface area (Å²) in [6.45, 7) is 0. The van der Waals surface area contributed by atoms with E-state index < -0.39 is 5.41 Å². The van der Waals surface area contributed by atoms with Crippen molar-refractivity contribution in [2.45, 2.75) is 25.2 Å². The van der Waals surface area contributed by atoms with Crippen LogP contribution in [0.5, 0.6) is 0 Å². The Hall–Kier alpha value is -2.30. The minimum atomic E-state index is -1.51. The second-order valence-electron chi connectivity index (χ2n) is 6.16. The fourth-order valence-electron chi connectivity index (χ4n) is 3.95. The van der Waals surface area contributed by atoms with E-state index in [-0.39, 0.29) is 17.5 Å². The molecule has 2 unspecified atom stereocenters. The Kier molecular flexibility index (Phi) is 4.35. The molecule has 0 amide bonds. The van der Waals surface area contributed by atoms with Crippen LogP contribution in [0.1, 0.15) is 30.7 Å². The standard InChI is InChI=1S/C19H15IN4/c20-13-5-3-4-12(8-13)17-15-7-2-1-6-14(15)16(9-21)18(24)19(17,10-22)11-23/h3-6,8,15,17H,1-2,7,24H2. The van der Waals surface area contributed by atoms with E-state index in [1.807, 2.05) is 24.3 Å². The van der Waals surface area contributed by atoms with E-state index in [1.165, 1.54) is 0 Å². The molecule has 0 aliphatic heterocycles. The third kappa shape index (κ3) is 2.30. The van der Waals surface area contributed by atoms with Gasteiger partial charge >= 0.3 is 0 Å². The van der Waals surface area contributed by atoms with Gasteiger partial charge in [-0.25, -0.2) is 0 Å². The lowest BCUT2D eigenvalue weighted by atomic mass is 9.57. The molecular weight excluding hydrogens is 411 g/mol. The number of hydrogen-bond acceptors (Lipinski definition) is 4. The number of nitriles is 3. The summed E-state index contributed by atoms with van der Waals surface area (Å²) in [7, 11) is 0. The molecule has 4 nitrogen and oxygen atoms in total. The lowest BCUT2D eigenvalue weighted by Crippen LogP contribution is -2.42. The molecular formula is C19H15IN4. The van der Waals surface area contributed by atoms with Crippen molar-refractivity contribution in [3.63, 3.8) is 0 Å². The second kappa shape index (κ2) is 6.30. The van der Waals surface area contributed by atoms with Gasteiger partial charge < -0.3 is 5.73 Å². The highest BCUT2D eigenvalue weighted by Gasteiger charge is 2.53.